The van der Waals surface area contributed by atoms with Crippen molar-refractivity contribution in [2.45, 2.75) is 25.2 Å². The predicted molar refractivity (Wildman–Crippen MR) is 90.9 cm³/mol. The van der Waals surface area contributed by atoms with Gasteiger partial charge in [0.05, 0.1) is 31.3 Å². The number of carbonyl (C=O) groups excluding carboxylic acids is 1. The number of benzene rings is 1. The molecular formula is C18H23ClN2O3. The highest BCUT2D eigenvalue weighted by Gasteiger charge is 2.45. The molecule has 24 heavy (non-hydrogen) atoms. The van der Waals surface area contributed by atoms with E-state index < -0.39 is 0 Å². The van der Waals surface area contributed by atoms with Crippen LogP contribution in [0, 0.1) is 5.92 Å². The van der Waals surface area contributed by atoms with Gasteiger partial charge >= 0.3 is 0 Å². The Morgan fingerprint density at radius 1 is 1.17 bits per heavy atom. The van der Waals surface area contributed by atoms with Gasteiger partial charge in [-0.3, -0.25) is 9.69 Å². The topological polar surface area (TPSA) is 42.0 Å². The van der Waals surface area contributed by atoms with Crippen molar-refractivity contribution >= 4 is 17.5 Å². The van der Waals surface area contributed by atoms with E-state index in [1.807, 2.05) is 17.0 Å². The summed E-state index contributed by atoms with van der Waals surface area (Å²) >= 11 is 5.95. The van der Waals surface area contributed by atoms with E-state index in [-0.39, 0.29) is 24.0 Å². The lowest BCUT2D eigenvalue weighted by molar-refractivity contribution is -0.142. The van der Waals surface area contributed by atoms with Gasteiger partial charge in [0.1, 0.15) is 0 Å². The highest BCUT2D eigenvalue weighted by molar-refractivity contribution is 6.30. The first-order valence-corrected chi connectivity index (χ1v) is 9.05. The molecule has 0 radical (unpaired) electrons. The summed E-state index contributed by atoms with van der Waals surface area (Å²) in [6.45, 7) is 5.31. The largest absolute Gasteiger partial charge is 0.378 e. The Hall–Kier alpha value is -1.14. The minimum absolute atomic E-state index is 0.00307. The fraction of sp³-hybridized carbons (Fsp3) is 0.611. The van der Waals surface area contributed by atoms with E-state index in [9.17, 15) is 4.79 Å². The molecule has 3 atom stereocenters. The van der Waals surface area contributed by atoms with Gasteiger partial charge in [-0.05, 0) is 24.1 Å². The molecule has 6 heteroatoms. The zero-order chi connectivity index (χ0) is 16.5. The smallest absolute Gasteiger partial charge is 0.228 e. The summed E-state index contributed by atoms with van der Waals surface area (Å²) in [5.41, 5.74) is 1.25. The van der Waals surface area contributed by atoms with Gasteiger partial charge in [0.15, 0.2) is 0 Å². The summed E-state index contributed by atoms with van der Waals surface area (Å²) in [7, 11) is 0. The average Bonchev–Trinajstić information content (AvgIpc) is 2.91. The molecule has 130 valence electrons. The van der Waals surface area contributed by atoms with Gasteiger partial charge in [0, 0.05) is 37.7 Å². The number of ether oxygens (including phenoxy) is 2. The summed E-state index contributed by atoms with van der Waals surface area (Å²) in [4.78, 5) is 17.1. The summed E-state index contributed by atoms with van der Waals surface area (Å²) in [5, 5.41) is 0.761. The van der Waals surface area contributed by atoms with E-state index in [1.54, 1.807) is 0 Å². The Balaban J connectivity index is 1.38. The molecule has 3 aliphatic heterocycles. The molecular weight excluding hydrogens is 328 g/mol. The van der Waals surface area contributed by atoms with Crippen LogP contribution in [0.4, 0.5) is 0 Å². The lowest BCUT2D eigenvalue weighted by Crippen LogP contribution is -2.48. The Kier molecular flexibility index (Phi) is 4.77. The van der Waals surface area contributed by atoms with E-state index in [1.165, 1.54) is 5.56 Å². The number of rotatable bonds is 3. The van der Waals surface area contributed by atoms with Gasteiger partial charge in [-0.25, -0.2) is 0 Å². The second kappa shape index (κ2) is 7.00. The monoisotopic (exact) mass is 350 g/mol. The van der Waals surface area contributed by atoms with Crippen LogP contribution in [-0.4, -0.2) is 67.3 Å². The Morgan fingerprint density at radius 2 is 1.92 bits per heavy atom. The zero-order valence-electron chi connectivity index (χ0n) is 13.7. The predicted octanol–water partition coefficient (Wildman–Crippen LogP) is 1.79. The molecule has 3 saturated heterocycles. The molecule has 5 nitrogen and oxygen atoms in total. The fourth-order valence-corrected chi connectivity index (χ4v) is 4.12. The molecule has 1 aromatic carbocycles. The number of halogens is 1. The minimum Gasteiger partial charge on any atom is -0.378 e. The Morgan fingerprint density at radius 3 is 2.67 bits per heavy atom. The number of fused-ring (bicyclic) bond motifs is 2. The van der Waals surface area contributed by atoms with Crippen LogP contribution in [0.5, 0.6) is 0 Å². The molecule has 0 aromatic heterocycles. The molecule has 3 aliphatic rings. The van der Waals surface area contributed by atoms with Crippen molar-refractivity contribution in [3.8, 4) is 0 Å². The lowest BCUT2D eigenvalue weighted by atomic mass is 9.98. The third-order valence-corrected chi connectivity index (χ3v) is 5.44. The molecule has 4 rings (SSSR count). The van der Waals surface area contributed by atoms with Crippen molar-refractivity contribution < 1.29 is 14.3 Å². The quantitative estimate of drug-likeness (QED) is 0.833. The third kappa shape index (κ3) is 3.45. The van der Waals surface area contributed by atoms with Crippen LogP contribution >= 0.6 is 11.6 Å². The summed E-state index contributed by atoms with van der Waals surface area (Å²) in [5.74, 6) is 0.252. The SMILES string of the molecule is O=C(C1CC2CN(Cc3ccc(Cl)cc3)CC1O2)N1CCOCC1. The fourth-order valence-electron chi connectivity index (χ4n) is 3.99. The van der Waals surface area contributed by atoms with Gasteiger partial charge < -0.3 is 14.4 Å². The highest BCUT2D eigenvalue weighted by atomic mass is 35.5. The first kappa shape index (κ1) is 16.3. The minimum atomic E-state index is 0.00307. The molecule has 3 unspecified atom stereocenters. The molecule has 2 bridgehead atoms. The molecule has 0 saturated carbocycles. The van der Waals surface area contributed by atoms with Gasteiger partial charge in [-0.1, -0.05) is 23.7 Å². The van der Waals surface area contributed by atoms with Crippen LogP contribution < -0.4 is 0 Å². The lowest BCUT2D eigenvalue weighted by Gasteiger charge is -2.34. The maximum atomic E-state index is 12.8. The zero-order valence-corrected chi connectivity index (χ0v) is 14.5. The standard InChI is InChI=1S/C18H23ClN2O3/c19-14-3-1-13(2-4-14)10-20-11-15-9-16(17(12-20)24-15)18(22)21-5-7-23-8-6-21/h1-4,15-17H,5-12H2. The molecule has 1 aromatic rings. The number of hydrogen-bond acceptors (Lipinski definition) is 4. The van der Waals surface area contributed by atoms with E-state index in [2.05, 4.69) is 17.0 Å². The number of hydrogen-bond donors (Lipinski definition) is 0. The first-order valence-electron chi connectivity index (χ1n) is 8.68. The van der Waals surface area contributed by atoms with Gasteiger partial charge in [0.25, 0.3) is 0 Å². The second-order valence-electron chi connectivity index (χ2n) is 6.90. The number of carbonyl (C=O) groups is 1. The van der Waals surface area contributed by atoms with Crippen LogP contribution in [0.2, 0.25) is 5.02 Å². The van der Waals surface area contributed by atoms with Gasteiger partial charge in [-0.15, -0.1) is 0 Å². The summed E-state index contributed by atoms with van der Waals surface area (Å²) in [6.07, 6.45) is 1.04. The second-order valence-corrected chi connectivity index (χ2v) is 7.33. The highest BCUT2D eigenvalue weighted by Crippen LogP contribution is 2.34. The van der Waals surface area contributed by atoms with E-state index in [4.69, 9.17) is 21.1 Å². The molecule has 3 heterocycles. The Labute approximate surface area is 147 Å². The van der Waals surface area contributed by atoms with Crippen molar-refractivity contribution in [3.05, 3.63) is 34.9 Å². The number of amides is 1. The first-order chi connectivity index (χ1) is 11.7. The van der Waals surface area contributed by atoms with Gasteiger partial charge in [0.2, 0.25) is 5.91 Å². The molecule has 0 spiro atoms. The number of morpholine rings is 2. The van der Waals surface area contributed by atoms with Crippen molar-refractivity contribution in [1.29, 1.82) is 0 Å². The van der Waals surface area contributed by atoms with E-state index in [0.717, 1.165) is 31.1 Å². The number of likely N-dealkylation sites (tertiary alicyclic amines) is 1. The maximum Gasteiger partial charge on any atom is 0.228 e. The normalized spacial score (nSPS) is 30.5. The number of nitrogens with zero attached hydrogens (tertiary/aromatic N) is 2. The average molecular weight is 351 g/mol. The van der Waals surface area contributed by atoms with Crippen LogP contribution in [-0.2, 0) is 20.8 Å². The molecule has 0 N–H and O–H groups in total. The van der Waals surface area contributed by atoms with Crippen LogP contribution in [0.25, 0.3) is 0 Å². The maximum absolute atomic E-state index is 12.8. The molecule has 0 aliphatic carbocycles. The van der Waals surface area contributed by atoms with Crippen molar-refractivity contribution in [1.82, 2.24) is 9.80 Å². The summed E-state index contributed by atoms with van der Waals surface area (Å²) in [6, 6.07) is 7.99. The van der Waals surface area contributed by atoms with Crippen molar-refractivity contribution in [2.75, 3.05) is 39.4 Å². The van der Waals surface area contributed by atoms with Crippen LogP contribution in [0.3, 0.4) is 0 Å². The van der Waals surface area contributed by atoms with E-state index in [0.29, 0.717) is 26.3 Å². The van der Waals surface area contributed by atoms with Crippen molar-refractivity contribution in [2.24, 2.45) is 5.92 Å². The van der Waals surface area contributed by atoms with Crippen LogP contribution in [0.15, 0.2) is 24.3 Å². The summed E-state index contributed by atoms with van der Waals surface area (Å²) < 4.78 is 11.4. The van der Waals surface area contributed by atoms with E-state index >= 15 is 0 Å². The Bertz CT molecular complexity index is 588. The molecule has 3 fully saturated rings. The van der Waals surface area contributed by atoms with Crippen molar-refractivity contribution in [3.63, 3.8) is 0 Å². The van der Waals surface area contributed by atoms with Gasteiger partial charge in [-0.2, -0.15) is 0 Å². The molecule has 1 amide bonds. The third-order valence-electron chi connectivity index (χ3n) is 5.19. The van der Waals surface area contributed by atoms with Crippen LogP contribution in [0.1, 0.15) is 12.0 Å².